The summed E-state index contributed by atoms with van der Waals surface area (Å²) in [6, 6.07) is 7.61. The summed E-state index contributed by atoms with van der Waals surface area (Å²) >= 11 is 7.47. The van der Waals surface area contributed by atoms with Gasteiger partial charge in [-0.1, -0.05) is 11.6 Å². The molecule has 1 aliphatic rings. The van der Waals surface area contributed by atoms with Crippen molar-refractivity contribution in [3.63, 3.8) is 0 Å². The second-order valence-electron chi connectivity index (χ2n) is 5.24. The number of carbonyl (C=O) groups is 2. The minimum absolute atomic E-state index is 0.0641. The fraction of sp³-hybridized carbons (Fsp3) is 0.500. The van der Waals surface area contributed by atoms with E-state index >= 15 is 0 Å². The van der Waals surface area contributed by atoms with Crippen molar-refractivity contribution in [1.29, 1.82) is 0 Å². The number of nitrogens with one attached hydrogen (secondary N) is 1. The lowest BCUT2D eigenvalue weighted by Crippen LogP contribution is -2.30. The van der Waals surface area contributed by atoms with Crippen LogP contribution in [0.2, 0.25) is 5.02 Å². The quantitative estimate of drug-likeness (QED) is 0.584. The number of likely N-dealkylation sites (tertiary alicyclic amines) is 1. The lowest BCUT2D eigenvalue weighted by Gasteiger charge is -2.15. The van der Waals surface area contributed by atoms with Gasteiger partial charge in [0, 0.05) is 48.1 Å². The number of benzene rings is 1. The van der Waals surface area contributed by atoms with Crippen LogP contribution in [0.1, 0.15) is 25.7 Å². The number of halogens is 1. The SMILES string of the molecule is O=C(CCSc1ccc(Cl)cc1)NCCCN1CCCC1=O. The van der Waals surface area contributed by atoms with Gasteiger partial charge in [-0.25, -0.2) is 0 Å². The molecule has 0 atom stereocenters. The van der Waals surface area contributed by atoms with Crippen LogP contribution in [-0.2, 0) is 9.59 Å². The summed E-state index contributed by atoms with van der Waals surface area (Å²) in [6.45, 7) is 2.25. The van der Waals surface area contributed by atoms with Gasteiger partial charge in [-0.15, -0.1) is 11.8 Å². The van der Waals surface area contributed by atoms with Gasteiger partial charge in [-0.2, -0.15) is 0 Å². The van der Waals surface area contributed by atoms with Crippen LogP contribution >= 0.6 is 23.4 Å². The van der Waals surface area contributed by atoms with Crippen molar-refractivity contribution in [2.45, 2.75) is 30.6 Å². The Morgan fingerprint density at radius 3 is 2.77 bits per heavy atom. The number of carbonyl (C=O) groups excluding carboxylic acids is 2. The van der Waals surface area contributed by atoms with Crippen LogP contribution in [0.4, 0.5) is 0 Å². The van der Waals surface area contributed by atoms with E-state index in [2.05, 4.69) is 5.32 Å². The Kier molecular flexibility index (Phi) is 7.06. The van der Waals surface area contributed by atoms with Crippen molar-refractivity contribution in [2.75, 3.05) is 25.4 Å². The third kappa shape index (κ3) is 5.89. The molecule has 1 aromatic rings. The molecule has 1 heterocycles. The summed E-state index contributed by atoms with van der Waals surface area (Å²) in [4.78, 5) is 26.1. The van der Waals surface area contributed by atoms with E-state index < -0.39 is 0 Å². The fourth-order valence-corrected chi connectivity index (χ4v) is 3.30. The maximum atomic E-state index is 11.7. The fourth-order valence-electron chi connectivity index (χ4n) is 2.32. The number of hydrogen-bond acceptors (Lipinski definition) is 3. The topological polar surface area (TPSA) is 49.4 Å². The predicted molar refractivity (Wildman–Crippen MR) is 90.2 cm³/mol. The average molecular weight is 341 g/mol. The Morgan fingerprint density at radius 2 is 2.09 bits per heavy atom. The molecule has 120 valence electrons. The third-order valence-electron chi connectivity index (χ3n) is 3.51. The lowest BCUT2D eigenvalue weighted by molar-refractivity contribution is -0.127. The summed E-state index contributed by atoms with van der Waals surface area (Å²) in [7, 11) is 0. The van der Waals surface area contributed by atoms with Gasteiger partial charge in [0.15, 0.2) is 0 Å². The molecule has 0 aliphatic carbocycles. The molecule has 1 fully saturated rings. The first-order chi connectivity index (χ1) is 10.6. The van der Waals surface area contributed by atoms with Crippen LogP contribution < -0.4 is 5.32 Å². The first kappa shape index (κ1) is 17.2. The van der Waals surface area contributed by atoms with E-state index in [9.17, 15) is 9.59 Å². The number of rotatable bonds is 8. The zero-order valence-electron chi connectivity index (χ0n) is 12.5. The molecule has 1 aromatic carbocycles. The summed E-state index contributed by atoms with van der Waals surface area (Å²) in [5, 5.41) is 3.63. The minimum Gasteiger partial charge on any atom is -0.356 e. The second-order valence-corrected chi connectivity index (χ2v) is 6.84. The monoisotopic (exact) mass is 340 g/mol. The number of nitrogens with zero attached hydrogens (tertiary/aromatic N) is 1. The zero-order valence-corrected chi connectivity index (χ0v) is 14.1. The highest BCUT2D eigenvalue weighted by molar-refractivity contribution is 7.99. The van der Waals surface area contributed by atoms with Gasteiger partial charge in [-0.3, -0.25) is 9.59 Å². The molecule has 1 N–H and O–H groups in total. The summed E-state index contributed by atoms with van der Waals surface area (Å²) in [5.41, 5.74) is 0. The number of thioether (sulfide) groups is 1. The Balaban J connectivity index is 1.52. The Morgan fingerprint density at radius 1 is 1.32 bits per heavy atom. The van der Waals surface area contributed by atoms with Gasteiger partial charge in [0.05, 0.1) is 0 Å². The van der Waals surface area contributed by atoms with Gasteiger partial charge < -0.3 is 10.2 Å². The molecular formula is C16H21ClN2O2S. The van der Waals surface area contributed by atoms with E-state index in [4.69, 9.17) is 11.6 Å². The van der Waals surface area contributed by atoms with Gasteiger partial charge in [-0.05, 0) is 37.1 Å². The van der Waals surface area contributed by atoms with E-state index in [1.54, 1.807) is 11.8 Å². The van der Waals surface area contributed by atoms with E-state index in [0.717, 1.165) is 41.6 Å². The summed E-state index contributed by atoms with van der Waals surface area (Å²) in [6.07, 6.45) is 2.96. The highest BCUT2D eigenvalue weighted by Crippen LogP contribution is 2.20. The van der Waals surface area contributed by atoms with Crippen LogP contribution in [-0.4, -0.2) is 42.1 Å². The molecule has 0 bridgehead atoms. The number of amides is 2. The largest absolute Gasteiger partial charge is 0.356 e. The highest BCUT2D eigenvalue weighted by Gasteiger charge is 2.18. The lowest BCUT2D eigenvalue weighted by atomic mass is 10.3. The molecule has 0 aromatic heterocycles. The smallest absolute Gasteiger partial charge is 0.222 e. The maximum Gasteiger partial charge on any atom is 0.222 e. The molecule has 0 unspecified atom stereocenters. The minimum atomic E-state index is 0.0641. The first-order valence-corrected chi connectivity index (χ1v) is 8.94. The zero-order chi connectivity index (χ0) is 15.8. The highest BCUT2D eigenvalue weighted by atomic mass is 35.5. The third-order valence-corrected chi connectivity index (χ3v) is 4.78. The molecule has 0 saturated carbocycles. The Hall–Kier alpha value is -1.20. The van der Waals surface area contributed by atoms with E-state index in [0.29, 0.717) is 19.4 Å². The van der Waals surface area contributed by atoms with Crippen LogP contribution in [0.25, 0.3) is 0 Å². The van der Waals surface area contributed by atoms with Crippen molar-refractivity contribution in [3.8, 4) is 0 Å². The van der Waals surface area contributed by atoms with Crippen molar-refractivity contribution >= 4 is 35.2 Å². The maximum absolute atomic E-state index is 11.7. The van der Waals surface area contributed by atoms with Crippen LogP contribution in [0, 0.1) is 0 Å². The molecule has 2 rings (SSSR count). The van der Waals surface area contributed by atoms with Gasteiger partial charge in [0.25, 0.3) is 0 Å². The number of hydrogen-bond donors (Lipinski definition) is 1. The van der Waals surface area contributed by atoms with Crippen molar-refractivity contribution in [2.24, 2.45) is 0 Å². The van der Waals surface area contributed by atoms with Gasteiger partial charge in [0.2, 0.25) is 11.8 Å². The average Bonchev–Trinajstić information content (AvgIpc) is 2.91. The molecule has 0 radical (unpaired) electrons. The summed E-state index contributed by atoms with van der Waals surface area (Å²) < 4.78 is 0. The van der Waals surface area contributed by atoms with Crippen molar-refractivity contribution in [1.82, 2.24) is 10.2 Å². The standard InChI is InChI=1S/C16H21ClN2O2S/c17-13-4-6-14(7-5-13)22-12-8-15(20)18-9-2-11-19-10-1-3-16(19)21/h4-7H,1-3,8-12H2,(H,18,20). The Labute approximate surface area is 140 Å². The summed E-state index contributed by atoms with van der Waals surface area (Å²) in [5.74, 6) is 1.05. The molecular weight excluding hydrogens is 320 g/mol. The van der Waals surface area contributed by atoms with Crippen molar-refractivity contribution < 1.29 is 9.59 Å². The molecule has 4 nitrogen and oxygen atoms in total. The van der Waals surface area contributed by atoms with E-state index in [1.165, 1.54) is 0 Å². The molecule has 0 spiro atoms. The van der Waals surface area contributed by atoms with Gasteiger partial charge >= 0.3 is 0 Å². The first-order valence-electron chi connectivity index (χ1n) is 7.58. The van der Waals surface area contributed by atoms with Gasteiger partial charge in [0.1, 0.15) is 0 Å². The molecule has 1 aliphatic heterocycles. The van der Waals surface area contributed by atoms with Crippen LogP contribution in [0.3, 0.4) is 0 Å². The second kappa shape index (κ2) is 9.06. The normalized spacial score (nSPS) is 14.4. The van der Waals surface area contributed by atoms with E-state index in [1.807, 2.05) is 29.2 Å². The molecule has 1 saturated heterocycles. The van der Waals surface area contributed by atoms with E-state index in [-0.39, 0.29) is 11.8 Å². The molecule has 6 heteroatoms. The Bertz CT molecular complexity index is 507. The van der Waals surface area contributed by atoms with Crippen LogP contribution in [0.15, 0.2) is 29.2 Å². The van der Waals surface area contributed by atoms with Crippen LogP contribution in [0.5, 0.6) is 0 Å². The molecule has 22 heavy (non-hydrogen) atoms. The van der Waals surface area contributed by atoms with Crippen molar-refractivity contribution in [3.05, 3.63) is 29.3 Å². The predicted octanol–water partition coefficient (Wildman–Crippen LogP) is 2.95. The molecule has 2 amide bonds.